The van der Waals surface area contributed by atoms with Crippen LogP contribution in [0, 0.1) is 5.92 Å². The van der Waals surface area contributed by atoms with Crippen molar-refractivity contribution in [1.29, 1.82) is 0 Å². The van der Waals surface area contributed by atoms with Gasteiger partial charge in [-0.3, -0.25) is 5.26 Å². The van der Waals surface area contributed by atoms with E-state index in [1.807, 2.05) is 44.2 Å². The average molecular weight is 207 g/mol. The fraction of sp³-hybridized carbons (Fsp3) is 0.385. The topological polar surface area (TPSA) is 29.5 Å². The molecule has 0 spiro atoms. The fourth-order valence-electron chi connectivity index (χ4n) is 1.06. The summed E-state index contributed by atoms with van der Waals surface area (Å²) in [5.74, 6) is 0.0848. The highest BCUT2D eigenvalue weighted by molar-refractivity contribution is 5.50. The highest BCUT2D eigenvalue weighted by Crippen LogP contribution is 2.23. The molecule has 0 aliphatic rings. The van der Waals surface area contributed by atoms with Crippen molar-refractivity contribution in [3.8, 4) is 0 Å². The van der Waals surface area contributed by atoms with Gasteiger partial charge in [-0.25, -0.2) is 4.89 Å². The Bertz CT molecular complexity index is 359. The monoisotopic (exact) mass is 207 g/mol. The van der Waals surface area contributed by atoms with Crippen LogP contribution in [0.15, 0.2) is 36.4 Å². The zero-order valence-electron chi connectivity index (χ0n) is 10.4. The van der Waals surface area contributed by atoms with Gasteiger partial charge in [0.1, 0.15) is 5.60 Å². The molecule has 0 saturated heterocycles. The lowest BCUT2D eigenvalue weighted by Gasteiger charge is -2.26. The first-order valence-corrected chi connectivity index (χ1v) is 5.07. The first-order valence-electron chi connectivity index (χ1n) is 5.57. The molecule has 0 bridgehead atoms. The summed E-state index contributed by atoms with van der Waals surface area (Å²) in [6.07, 6.45) is 1.63. The molecule has 0 unspecified atom stereocenters. The van der Waals surface area contributed by atoms with Gasteiger partial charge in [0.2, 0.25) is 0 Å². The molecule has 0 fully saturated rings. The predicted octanol–water partition coefficient (Wildman–Crippen LogP) is 3.60. The molecule has 0 aliphatic carbocycles. The molecule has 2 nitrogen and oxygen atoms in total. The van der Waals surface area contributed by atoms with Crippen molar-refractivity contribution in [3.05, 3.63) is 42.0 Å². The molecule has 0 heterocycles. The van der Waals surface area contributed by atoms with Gasteiger partial charge in [0.15, 0.2) is 0 Å². The molecule has 1 rings (SSSR count). The van der Waals surface area contributed by atoms with E-state index in [1.54, 1.807) is 13.0 Å². The molecule has 0 aliphatic heterocycles. The van der Waals surface area contributed by atoms with Crippen LogP contribution in [0.2, 0.25) is 0 Å². The molecule has 0 radical (unpaired) electrons. The number of hydrogen-bond acceptors (Lipinski definition) is 2. The standard InChI is InChI=1S/C13H18O2/c1-11(2)13(3,15-14)10-9-12-7-5-4-6-8-12/h4-11,14H,1-3H3/b10-9+/t13-/m1/s1/i9D. The maximum Gasteiger partial charge on any atom is 0.121 e. The fourth-order valence-corrected chi connectivity index (χ4v) is 1.06. The lowest BCUT2D eigenvalue weighted by molar-refractivity contribution is -0.313. The maximum absolute atomic E-state index is 8.92. The maximum atomic E-state index is 8.92. The average Bonchev–Trinajstić information content (AvgIpc) is 2.29. The van der Waals surface area contributed by atoms with Crippen LogP contribution in [-0.2, 0) is 4.89 Å². The number of hydrogen-bond donors (Lipinski definition) is 1. The van der Waals surface area contributed by atoms with Gasteiger partial charge in [-0.05, 0) is 24.5 Å². The molecule has 2 heteroatoms. The van der Waals surface area contributed by atoms with E-state index in [1.165, 1.54) is 0 Å². The summed E-state index contributed by atoms with van der Waals surface area (Å²) >= 11 is 0. The van der Waals surface area contributed by atoms with E-state index < -0.39 is 5.60 Å². The van der Waals surface area contributed by atoms with Gasteiger partial charge in [0.05, 0.1) is 1.37 Å². The van der Waals surface area contributed by atoms with Gasteiger partial charge < -0.3 is 0 Å². The summed E-state index contributed by atoms with van der Waals surface area (Å²) < 4.78 is 7.94. The third-order valence-corrected chi connectivity index (χ3v) is 2.64. The van der Waals surface area contributed by atoms with Crippen LogP contribution in [0.3, 0.4) is 0 Å². The third-order valence-electron chi connectivity index (χ3n) is 2.64. The summed E-state index contributed by atoms with van der Waals surface area (Å²) in [5.41, 5.74) is -0.0150. The van der Waals surface area contributed by atoms with E-state index in [0.717, 1.165) is 5.56 Å². The van der Waals surface area contributed by atoms with Crippen LogP contribution in [0.25, 0.3) is 6.05 Å². The van der Waals surface area contributed by atoms with E-state index in [0.29, 0.717) is 6.05 Å². The first kappa shape index (κ1) is 10.4. The van der Waals surface area contributed by atoms with Crippen molar-refractivity contribution in [2.24, 2.45) is 5.92 Å². The van der Waals surface area contributed by atoms with Gasteiger partial charge in [-0.2, -0.15) is 0 Å². The zero-order chi connectivity index (χ0) is 12.2. The lowest BCUT2D eigenvalue weighted by atomic mass is 9.91. The zero-order valence-corrected chi connectivity index (χ0v) is 9.40. The molecule has 82 valence electrons. The minimum atomic E-state index is -0.826. The van der Waals surface area contributed by atoms with E-state index in [4.69, 9.17) is 6.63 Å². The highest BCUT2D eigenvalue weighted by Gasteiger charge is 2.26. The molecular weight excluding hydrogens is 188 g/mol. The summed E-state index contributed by atoms with van der Waals surface area (Å²) in [7, 11) is 0. The first-order chi connectivity index (χ1) is 7.49. The SMILES string of the molecule is [2H]/C(=C\[C@@](C)(OO)C(C)C)c1ccccc1. The molecule has 1 aromatic rings. The van der Waals surface area contributed by atoms with Crippen LogP contribution in [0.1, 0.15) is 27.7 Å². The van der Waals surface area contributed by atoms with Crippen LogP contribution in [0.4, 0.5) is 0 Å². The van der Waals surface area contributed by atoms with Crippen LogP contribution in [-0.4, -0.2) is 10.9 Å². The van der Waals surface area contributed by atoms with Gasteiger partial charge in [-0.1, -0.05) is 50.2 Å². The summed E-state index contributed by atoms with van der Waals surface area (Å²) in [4.78, 5) is 4.49. The van der Waals surface area contributed by atoms with Crippen molar-refractivity contribution in [1.82, 2.24) is 0 Å². The van der Waals surface area contributed by atoms with Gasteiger partial charge in [0, 0.05) is 0 Å². The second-order valence-corrected chi connectivity index (χ2v) is 4.08. The van der Waals surface area contributed by atoms with Gasteiger partial charge >= 0.3 is 0 Å². The lowest BCUT2D eigenvalue weighted by Crippen LogP contribution is -2.31. The second kappa shape index (κ2) is 5.10. The van der Waals surface area contributed by atoms with E-state index >= 15 is 0 Å². The van der Waals surface area contributed by atoms with E-state index in [-0.39, 0.29) is 5.92 Å². The Balaban J connectivity index is 3.00. The molecule has 1 atom stereocenters. The highest BCUT2D eigenvalue weighted by atomic mass is 17.1. The Hall–Kier alpha value is -1.12. The summed E-state index contributed by atoms with van der Waals surface area (Å²) in [6.45, 7) is 5.63. The minimum Gasteiger partial charge on any atom is -0.251 e. The predicted molar refractivity (Wildman–Crippen MR) is 62.4 cm³/mol. The van der Waals surface area contributed by atoms with Crippen molar-refractivity contribution in [2.75, 3.05) is 0 Å². The van der Waals surface area contributed by atoms with Crippen molar-refractivity contribution < 1.29 is 11.5 Å². The van der Waals surface area contributed by atoms with E-state index in [9.17, 15) is 0 Å². The smallest absolute Gasteiger partial charge is 0.121 e. The Morgan fingerprint density at radius 1 is 1.40 bits per heavy atom. The molecule has 15 heavy (non-hydrogen) atoms. The normalized spacial score (nSPS) is 17.4. The Kier molecular flexibility index (Phi) is 3.54. The van der Waals surface area contributed by atoms with Crippen molar-refractivity contribution >= 4 is 6.05 Å². The van der Waals surface area contributed by atoms with Gasteiger partial charge in [-0.15, -0.1) is 0 Å². The molecule has 0 saturated carbocycles. The number of rotatable bonds is 4. The second-order valence-electron chi connectivity index (χ2n) is 4.08. The number of benzene rings is 1. The minimum absolute atomic E-state index is 0.0848. The molecular formula is C13H18O2. The summed E-state index contributed by atoms with van der Waals surface area (Å²) in [5, 5.41) is 8.92. The quantitative estimate of drug-likeness (QED) is 0.603. The van der Waals surface area contributed by atoms with Crippen LogP contribution in [0.5, 0.6) is 0 Å². The molecule has 0 aromatic heterocycles. The van der Waals surface area contributed by atoms with Crippen LogP contribution >= 0.6 is 0 Å². The van der Waals surface area contributed by atoms with E-state index in [2.05, 4.69) is 4.89 Å². The Morgan fingerprint density at radius 2 is 2.00 bits per heavy atom. The summed E-state index contributed by atoms with van der Waals surface area (Å²) in [6, 6.07) is 9.73. The third kappa shape index (κ3) is 3.18. The van der Waals surface area contributed by atoms with Gasteiger partial charge in [0.25, 0.3) is 0 Å². The molecule has 1 N–H and O–H groups in total. The Morgan fingerprint density at radius 3 is 2.47 bits per heavy atom. The molecule has 0 amide bonds. The van der Waals surface area contributed by atoms with Crippen molar-refractivity contribution in [3.63, 3.8) is 0 Å². The molecule has 1 aromatic carbocycles. The Labute approximate surface area is 92.5 Å². The van der Waals surface area contributed by atoms with Crippen LogP contribution < -0.4 is 0 Å². The largest absolute Gasteiger partial charge is 0.251 e. The van der Waals surface area contributed by atoms with Crippen molar-refractivity contribution in [2.45, 2.75) is 26.4 Å².